The first-order valence-electron chi connectivity index (χ1n) is 6.36. The summed E-state index contributed by atoms with van der Waals surface area (Å²) < 4.78 is 23.0. The number of aliphatic hydroxyl groups is 1. The van der Waals surface area contributed by atoms with Crippen molar-refractivity contribution in [3.63, 3.8) is 0 Å². The summed E-state index contributed by atoms with van der Waals surface area (Å²) in [6.07, 6.45) is 1.58. The lowest BCUT2D eigenvalue weighted by atomic mass is 9.90. The van der Waals surface area contributed by atoms with E-state index in [0.717, 1.165) is 18.4 Å². The van der Waals surface area contributed by atoms with E-state index in [1.54, 1.807) is 0 Å². The molecule has 118 valence electrons. The van der Waals surface area contributed by atoms with Gasteiger partial charge in [-0.25, -0.2) is 8.42 Å². The van der Waals surface area contributed by atoms with Gasteiger partial charge in [-0.3, -0.25) is 9.59 Å². The number of carbonyl (C=O) groups excluding carboxylic acids is 2. The van der Waals surface area contributed by atoms with Crippen LogP contribution < -0.4 is 0 Å². The predicted octanol–water partition coefficient (Wildman–Crippen LogP) is 2.04. The van der Waals surface area contributed by atoms with Crippen molar-refractivity contribution in [2.45, 2.75) is 24.2 Å². The highest BCUT2D eigenvalue weighted by Crippen LogP contribution is 2.38. The maximum Gasteiger partial charge on any atom is 0.179 e. The Balaban J connectivity index is 2.66. The Labute approximate surface area is 131 Å². The van der Waals surface area contributed by atoms with Crippen LogP contribution in [0.4, 0.5) is 0 Å². The van der Waals surface area contributed by atoms with Crippen LogP contribution in [0.15, 0.2) is 22.6 Å². The van der Waals surface area contributed by atoms with Gasteiger partial charge in [-0.1, -0.05) is 11.6 Å². The summed E-state index contributed by atoms with van der Waals surface area (Å²) in [6, 6.07) is 2.20. The number of halogens is 1. The first kappa shape index (κ1) is 16.5. The van der Waals surface area contributed by atoms with Crippen molar-refractivity contribution >= 4 is 38.8 Å². The van der Waals surface area contributed by atoms with E-state index in [0.29, 0.717) is 6.42 Å². The third-order valence-corrected chi connectivity index (χ3v) is 4.85. The second-order valence-corrected chi connectivity index (χ2v) is 7.33. The number of phenols is 1. The number of Topliss-reactive ketones (excluding diaryl/α,β-unsaturated/α-hetero) is 2. The SMILES string of the molecule is CS(=O)(=O)c1ccc(C(O)=C2C(=O)CCCC2=O)c(Cl)c1O. The van der Waals surface area contributed by atoms with E-state index in [1.165, 1.54) is 0 Å². The van der Waals surface area contributed by atoms with Gasteiger partial charge in [0.05, 0.1) is 5.02 Å². The van der Waals surface area contributed by atoms with Crippen LogP contribution in [0, 0.1) is 0 Å². The van der Waals surface area contributed by atoms with Crippen molar-refractivity contribution < 1.29 is 28.2 Å². The van der Waals surface area contributed by atoms with E-state index in [-0.39, 0.29) is 24.0 Å². The molecule has 0 heterocycles. The highest BCUT2D eigenvalue weighted by molar-refractivity contribution is 7.90. The molecule has 0 bridgehead atoms. The number of benzene rings is 1. The van der Waals surface area contributed by atoms with E-state index in [1.807, 2.05) is 0 Å². The van der Waals surface area contributed by atoms with Gasteiger partial charge in [0.15, 0.2) is 27.2 Å². The van der Waals surface area contributed by atoms with E-state index < -0.39 is 42.8 Å². The third kappa shape index (κ3) is 2.86. The lowest BCUT2D eigenvalue weighted by Crippen LogP contribution is -2.20. The van der Waals surface area contributed by atoms with Crippen LogP contribution in [0.25, 0.3) is 5.76 Å². The molecule has 1 saturated carbocycles. The molecule has 1 aromatic rings. The molecule has 8 heteroatoms. The molecule has 0 saturated heterocycles. The molecule has 0 spiro atoms. The lowest BCUT2D eigenvalue weighted by Gasteiger charge is -2.15. The average Bonchev–Trinajstić information content (AvgIpc) is 2.40. The zero-order valence-corrected chi connectivity index (χ0v) is 13.2. The molecule has 22 heavy (non-hydrogen) atoms. The Hall–Kier alpha value is -1.86. The van der Waals surface area contributed by atoms with Gasteiger partial charge >= 0.3 is 0 Å². The first-order chi connectivity index (χ1) is 10.1. The molecular weight excluding hydrogens is 332 g/mol. The van der Waals surface area contributed by atoms with Crippen LogP contribution in [0.3, 0.4) is 0 Å². The molecule has 1 aliphatic carbocycles. The highest BCUT2D eigenvalue weighted by atomic mass is 35.5. The average molecular weight is 345 g/mol. The van der Waals surface area contributed by atoms with E-state index in [9.17, 15) is 28.2 Å². The fourth-order valence-corrected chi connectivity index (χ4v) is 3.32. The number of carbonyl (C=O) groups is 2. The molecule has 0 unspecified atom stereocenters. The van der Waals surface area contributed by atoms with Crippen molar-refractivity contribution in [3.05, 3.63) is 28.3 Å². The van der Waals surface area contributed by atoms with Crippen molar-refractivity contribution in [2.24, 2.45) is 0 Å². The zero-order valence-electron chi connectivity index (χ0n) is 11.6. The third-order valence-electron chi connectivity index (χ3n) is 3.34. The Morgan fingerprint density at radius 1 is 1.18 bits per heavy atom. The molecule has 0 aromatic heterocycles. The Kier molecular flexibility index (Phi) is 4.30. The Morgan fingerprint density at radius 2 is 1.73 bits per heavy atom. The minimum Gasteiger partial charge on any atom is -0.506 e. The van der Waals surface area contributed by atoms with Gasteiger partial charge in [0.25, 0.3) is 0 Å². The summed E-state index contributed by atoms with van der Waals surface area (Å²) in [5.74, 6) is -2.38. The number of sulfone groups is 1. The molecule has 1 aliphatic rings. The summed E-state index contributed by atoms with van der Waals surface area (Å²) in [5.41, 5.74) is -0.523. The fourth-order valence-electron chi connectivity index (χ4n) is 2.24. The lowest BCUT2D eigenvalue weighted by molar-refractivity contribution is -0.123. The summed E-state index contributed by atoms with van der Waals surface area (Å²) >= 11 is 5.88. The minimum atomic E-state index is -3.71. The molecule has 1 fully saturated rings. The number of allylic oxidation sites excluding steroid dienone is 1. The second kappa shape index (κ2) is 5.73. The maximum atomic E-state index is 11.8. The van der Waals surface area contributed by atoms with Gasteiger partial charge < -0.3 is 10.2 Å². The highest BCUT2D eigenvalue weighted by Gasteiger charge is 2.29. The quantitative estimate of drug-likeness (QED) is 0.483. The van der Waals surface area contributed by atoms with E-state index in [4.69, 9.17) is 11.6 Å². The number of rotatable bonds is 2. The van der Waals surface area contributed by atoms with Gasteiger partial charge in [0, 0.05) is 24.7 Å². The molecule has 2 rings (SSSR count). The van der Waals surface area contributed by atoms with Gasteiger partial charge in [0.1, 0.15) is 16.2 Å². The van der Waals surface area contributed by atoms with Crippen LogP contribution in [0.2, 0.25) is 5.02 Å². The second-order valence-electron chi connectivity index (χ2n) is 4.97. The number of aliphatic hydroxyl groups excluding tert-OH is 1. The zero-order chi connectivity index (χ0) is 16.7. The van der Waals surface area contributed by atoms with Crippen molar-refractivity contribution in [1.29, 1.82) is 0 Å². The minimum absolute atomic E-state index is 0.135. The molecular formula is C14H13ClO6S. The van der Waals surface area contributed by atoms with E-state index in [2.05, 4.69) is 0 Å². The normalized spacial score (nSPS) is 16.0. The predicted molar refractivity (Wildman–Crippen MR) is 79.6 cm³/mol. The molecule has 0 atom stereocenters. The summed E-state index contributed by atoms with van der Waals surface area (Å²) in [6.45, 7) is 0. The van der Waals surface area contributed by atoms with Crippen LogP contribution in [0.1, 0.15) is 24.8 Å². The number of hydrogen-bond acceptors (Lipinski definition) is 6. The topological polar surface area (TPSA) is 109 Å². The van der Waals surface area contributed by atoms with Gasteiger partial charge in [-0.05, 0) is 18.6 Å². The van der Waals surface area contributed by atoms with Crippen molar-refractivity contribution in [3.8, 4) is 5.75 Å². The van der Waals surface area contributed by atoms with Crippen LogP contribution >= 0.6 is 11.6 Å². The van der Waals surface area contributed by atoms with Crippen molar-refractivity contribution in [2.75, 3.05) is 6.26 Å². The van der Waals surface area contributed by atoms with Crippen LogP contribution in [-0.2, 0) is 19.4 Å². The van der Waals surface area contributed by atoms with Crippen LogP contribution in [0.5, 0.6) is 5.75 Å². The largest absolute Gasteiger partial charge is 0.506 e. The molecule has 0 radical (unpaired) electrons. The Morgan fingerprint density at radius 3 is 2.23 bits per heavy atom. The smallest absolute Gasteiger partial charge is 0.179 e. The van der Waals surface area contributed by atoms with Crippen molar-refractivity contribution in [1.82, 2.24) is 0 Å². The first-order valence-corrected chi connectivity index (χ1v) is 8.63. The van der Waals surface area contributed by atoms with E-state index >= 15 is 0 Å². The van der Waals surface area contributed by atoms with Gasteiger partial charge in [-0.2, -0.15) is 0 Å². The maximum absolute atomic E-state index is 11.8. The summed E-state index contributed by atoms with van der Waals surface area (Å²) in [7, 11) is -3.71. The fraction of sp³-hybridized carbons (Fsp3) is 0.286. The molecule has 1 aromatic carbocycles. The summed E-state index contributed by atoms with van der Waals surface area (Å²) in [5, 5.41) is 19.6. The number of phenolic OH excluding ortho intramolecular Hbond substituents is 1. The molecule has 0 amide bonds. The summed E-state index contributed by atoms with van der Waals surface area (Å²) in [4.78, 5) is 23.2. The Bertz CT molecular complexity index is 789. The monoisotopic (exact) mass is 344 g/mol. The standard InChI is InChI=1S/C14H13ClO6S/c1-22(20,21)10-6-5-7(12(15)14(10)19)13(18)11-8(16)3-2-4-9(11)17/h5-6,18-19H,2-4H2,1H3. The molecule has 0 aliphatic heterocycles. The van der Waals surface area contributed by atoms with Gasteiger partial charge in [-0.15, -0.1) is 0 Å². The number of ketones is 2. The van der Waals surface area contributed by atoms with Crippen LogP contribution in [-0.4, -0.2) is 36.5 Å². The number of aromatic hydroxyl groups is 1. The number of hydrogen-bond donors (Lipinski definition) is 2. The molecule has 6 nitrogen and oxygen atoms in total. The molecule has 2 N–H and O–H groups in total. The van der Waals surface area contributed by atoms with Gasteiger partial charge in [0.2, 0.25) is 0 Å².